The summed E-state index contributed by atoms with van der Waals surface area (Å²) < 4.78 is 0. The Morgan fingerprint density at radius 3 is 2.71 bits per heavy atom. The second kappa shape index (κ2) is 5.58. The van der Waals surface area contributed by atoms with Crippen LogP contribution >= 0.6 is 11.8 Å². The maximum absolute atomic E-state index is 3.44. The van der Waals surface area contributed by atoms with Gasteiger partial charge in [-0.15, -0.1) is 0 Å². The minimum absolute atomic E-state index is 1.07. The van der Waals surface area contributed by atoms with E-state index in [4.69, 9.17) is 0 Å². The highest BCUT2D eigenvalue weighted by atomic mass is 32.2. The number of rotatable bonds is 1. The molecule has 0 saturated carbocycles. The number of hydrogen-bond acceptors (Lipinski definition) is 3. The van der Waals surface area contributed by atoms with Gasteiger partial charge in [-0.25, -0.2) is 0 Å². The molecule has 2 aliphatic heterocycles. The Balaban J connectivity index is 1.90. The molecule has 2 aliphatic rings. The lowest BCUT2D eigenvalue weighted by Gasteiger charge is -2.32. The molecular weight excluding hydrogens is 276 g/mol. The highest BCUT2D eigenvalue weighted by molar-refractivity contribution is 8.02. The summed E-state index contributed by atoms with van der Waals surface area (Å²) >= 11 is 1.82. The lowest BCUT2D eigenvalue weighted by Crippen LogP contribution is -2.43. The molecule has 1 N–H and O–H groups in total. The zero-order valence-corrected chi connectivity index (χ0v) is 12.7. The molecule has 0 atom stereocenters. The van der Waals surface area contributed by atoms with Crippen molar-refractivity contribution in [2.45, 2.75) is 4.90 Å². The van der Waals surface area contributed by atoms with E-state index in [1.54, 1.807) is 0 Å². The number of nitrogens with one attached hydrogen (secondary N) is 1. The third-order valence-corrected chi connectivity index (χ3v) is 5.00. The molecule has 0 aliphatic carbocycles. The molecule has 0 aromatic heterocycles. The van der Waals surface area contributed by atoms with Gasteiger partial charge < -0.3 is 10.2 Å². The second-order valence-corrected chi connectivity index (χ2v) is 6.34. The van der Waals surface area contributed by atoms with Gasteiger partial charge in [0.05, 0.1) is 0 Å². The maximum atomic E-state index is 3.44. The molecule has 0 amide bonds. The van der Waals surface area contributed by atoms with Crippen LogP contribution in [0.2, 0.25) is 0 Å². The summed E-state index contributed by atoms with van der Waals surface area (Å²) in [6, 6.07) is 15.4. The van der Waals surface area contributed by atoms with E-state index in [0.29, 0.717) is 0 Å². The molecule has 1 saturated heterocycles. The SMILES string of the molecule is C1=Cc2ccccc2-c2c(cccc2N2CCNCC2)S1. The quantitative estimate of drug-likeness (QED) is 0.860. The number of benzene rings is 2. The third kappa shape index (κ3) is 2.37. The number of piperazine rings is 1. The maximum Gasteiger partial charge on any atom is 0.0458 e. The Kier molecular flexibility index (Phi) is 3.45. The molecule has 2 aromatic rings. The van der Waals surface area contributed by atoms with Gasteiger partial charge in [0.2, 0.25) is 0 Å². The van der Waals surface area contributed by atoms with Crippen LogP contribution in [0.5, 0.6) is 0 Å². The molecule has 1 fully saturated rings. The minimum Gasteiger partial charge on any atom is -0.368 e. The van der Waals surface area contributed by atoms with Gasteiger partial charge in [0, 0.05) is 42.3 Å². The lowest BCUT2D eigenvalue weighted by atomic mass is 9.97. The fourth-order valence-corrected chi connectivity index (χ4v) is 3.96. The normalized spacial score (nSPS) is 17.0. The van der Waals surface area contributed by atoms with Crippen molar-refractivity contribution >= 4 is 23.5 Å². The predicted octanol–water partition coefficient (Wildman–Crippen LogP) is 3.84. The first-order valence-electron chi connectivity index (χ1n) is 7.45. The van der Waals surface area contributed by atoms with Crippen molar-refractivity contribution in [2.75, 3.05) is 31.1 Å². The Hall–Kier alpha value is -1.71. The Morgan fingerprint density at radius 2 is 1.81 bits per heavy atom. The summed E-state index contributed by atoms with van der Waals surface area (Å²) in [6.07, 6.45) is 2.22. The zero-order valence-electron chi connectivity index (χ0n) is 11.9. The van der Waals surface area contributed by atoms with Crippen LogP contribution in [0.25, 0.3) is 17.2 Å². The van der Waals surface area contributed by atoms with Crippen molar-refractivity contribution < 1.29 is 0 Å². The summed E-state index contributed by atoms with van der Waals surface area (Å²) in [6.45, 7) is 4.29. The molecule has 3 heteroatoms. The molecule has 2 nitrogen and oxygen atoms in total. The van der Waals surface area contributed by atoms with Gasteiger partial charge >= 0.3 is 0 Å². The number of anilines is 1. The van der Waals surface area contributed by atoms with Gasteiger partial charge in [0.15, 0.2) is 0 Å². The first kappa shape index (κ1) is 13.0. The van der Waals surface area contributed by atoms with E-state index in [1.807, 2.05) is 11.8 Å². The van der Waals surface area contributed by atoms with Gasteiger partial charge in [0.1, 0.15) is 0 Å². The van der Waals surface area contributed by atoms with Crippen LogP contribution < -0.4 is 10.2 Å². The van der Waals surface area contributed by atoms with E-state index < -0.39 is 0 Å². The van der Waals surface area contributed by atoms with Gasteiger partial charge in [-0.3, -0.25) is 0 Å². The molecule has 2 aromatic carbocycles. The summed E-state index contributed by atoms with van der Waals surface area (Å²) in [5, 5.41) is 5.64. The second-order valence-electron chi connectivity index (χ2n) is 5.40. The Morgan fingerprint density at radius 1 is 0.952 bits per heavy atom. The van der Waals surface area contributed by atoms with Crippen LogP contribution in [0.4, 0.5) is 5.69 Å². The van der Waals surface area contributed by atoms with Crippen molar-refractivity contribution in [1.82, 2.24) is 5.32 Å². The smallest absolute Gasteiger partial charge is 0.0458 e. The van der Waals surface area contributed by atoms with E-state index >= 15 is 0 Å². The summed E-state index contributed by atoms with van der Waals surface area (Å²) in [7, 11) is 0. The largest absolute Gasteiger partial charge is 0.368 e. The van der Waals surface area contributed by atoms with E-state index in [0.717, 1.165) is 26.2 Å². The monoisotopic (exact) mass is 294 g/mol. The number of thioether (sulfide) groups is 1. The van der Waals surface area contributed by atoms with Crippen LogP contribution in [0.15, 0.2) is 52.8 Å². The summed E-state index contributed by atoms with van der Waals surface area (Å²) in [5.74, 6) is 0. The summed E-state index contributed by atoms with van der Waals surface area (Å²) in [4.78, 5) is 3.87. The van der Waals surface area contributed by atoms with Crippen molar-refractivity contribution in [1.29, 1.82) is 0 Å². The van der Waals surface area contributed by atoms with E-state index in [-0.39, 0.29) is 0 Å². The average Bonchev–Trinajstić information content (AvgIpc) is 2.75. The van der Waals surface area contributed by atoms with E-state index in [9.17, 15) is 0 Å². The molecule has 4 rings (SSSR count). The van der Waals surface area contributed by atoms with E-state index in [2.05, 4.69) is 64.2 Å². The first-order chi connectivity index (χ1) is 10.4. The Labute approximate surface area is 129 Å². The molecule has 0 unspecified atom stereocenters. The van der Waals surface area contributed by atoms with Crippen molar-refractivity contribution in [3.63, 3.8) is 0 Å². The summed E-state index contributed by atoms with van der Waals surface area (Å²) in [5.41, 5.74) is 5.43. The van der Waals surface area contributed by atoms with Crippen LogP contribution in [-0.4, -0.2) is 26.2 Å². The van der Waals surface area contributed by atoms with Crippen molar-refractivity contribution in [2.24, 2.45) is 0 Å². The van der Waals surface area contributed by atoms with Crippen LogP contribution in [-0.2, 0) is 0 Å². The highest BCUT2D eigenvalue weighted by Crippen LogP contribution is 2.43. The highest BCUT2D eigenvalue weighted by Gasteiger charge is 2.20. The standard InChI is InChI=1S/C18H18N2S/c1-2-5-15-14(4-1)8-13-21-17-7-3-6-16(18(15)17)20-11-9-19-10-12-20/h1-8,13,19H,9-12H2. The Bertz CT molecular complexity index is 687. The van der Waals surface area contributed by atoms with Crippen LogP contribution in [0, 0.1) is 0 Å². The molecular formula is C18H18N2S. The fourth-order valence-electron chi connectivity index (χ4n) is 3.11. The fraction of sp³-hybridized carbons (Fsp3) is 0.222. The van der Waals surface area contributed by atoms with Gasteiger partial charge in [-0.1, -0.05) is 42.1 Å². The van der Waals surface area contributed by atoms with Gasteiger partial charge in [-0.2, -0.15) is 0 Å². The topological polar surface area (TPSA) is 15.3 Å². The molecule has 0 radical (unpaired) electrons. The van der Waals surface area contributed by atoms with Crippen molar-refractivity contribution in [3.05, 3.63) is 53.4 Å². The molecule has 0 bridgehead atoms. The zero-order chi connectivity index (χ0) is 14.1. The molecule has 2 heterocycles. The first-order valence-corrected chi connectivity index (χ1v) is 8.33. The van der Waals surface area contributed by atoms with Crippen molar-refractivity contribution in [3.8, 4) is 11.1 Å². The number of nitrogens with zero attached hydrogens (tertiary/aromatic N) is 1. The van der Waals surface area contributed by atoms with Crippen LogP contribution in [0.1, 0.15) is 5.56 Å². The number of hydrogen-bond donors (Lipinski definition) is 1. The van der Waals surface area contributed by atoms with E-state index in [1.165, 1.54) is 27.3 Å². The predicted molar refractivity (Wildman–Crippen MR) is 91.9 cm³/mol. The lowest BCUT2D eigenvalue weighted by molar-refractivity contribution is 0.589. The molecule has 0 spiro atoms. The van der Waals surface area contributed by atoms with Crippen LogP contribution in [0.3, 0.4) is 0 Å². The minimum atomic E-state index is 1.07. The number of fused-ring (bicyclic) bond motifs is 3. The molecule has 21 heavy (non-hydrogen) atoms. The third-order valence-electron chi connectivity index (χ3n) is 4.13. The molecule has 106 valence electrons. The van der Waals surface area contributed by atoms with Gasteiger partial charge in [-0.05, 0) is 34.7 Å². The van der Waals surface area contributed by atoms with Gasteiger partial charge in [0.25, 0.3) is 0 Å². The average molecular weight is 294 g/mol.